The standard InChI is InChI=1S/C18H23F3O.C18H21F3O/c2*19-16-9-14(10-17(20)18(16)21)13-3-1-11(2-4-13)12-5-7-15(22)8-6-12/h9-13,15,22H,1-8H2;9-13H,1-8H2. The first-order chi connectivity index (χ1) is 21.1. The lowest BCUT2D eigenvalue weighted by Crippen LogP contribution is -2.27. The number of aliphatic hydroxyl groups is 1. The quantitative estimate of drug-likeness (QED) is 0.272. The molecule has 1 N–H and O–H groups in total. The summed E-state index contributed by atoms with van der Waals surface area (Å²) in [5.74, 6) is -3.89. The lowest BCUT2D eigenvalue weighted by molar-refractivity contribution is -0.121. The number of rotatable bonds is 4. The van der Waals surface area contributed by atoms with Crippen LogP contribution in [0.4, 0.5) is 26.3 Å². The van der Waals surface area contributed by atoms with Crippen LogP contribution in [0.25, 0.3) is 0 Å². The van der Waals surface area contributed by atoms with Gasteiger partial charge in [0, 0.05) is 12.8 Å². The smallest absolute Gasteiger partial charge is 0.194 e. The fourth-order valence-electron chi connectivity index (χ4n) is 8.48. The normalized spacial score (nSPS) is 30.0. The first-order valence-electron chi connectivity index (χ1n) is 16.6. The van der Waals surface area contributed by atoms with Gasteiger partial charge in [0.05, 0.1) is 6.10 Å². The second-order valence-corrected chi connectivity index (χ2v) is 13.8. The summed E-state index contributed by atoms with van der Waals surface area (Å²) in [6.45, 7) is 0. The van der Waals surface area contributed by atoms with Crippen LogP contribution < -0.4 is 0 Å². The van der Waals surface area contributed by atoms with E-state index in [1.165, 1.54) is 0 Å². The second kappa shape index (κ2) is 14.8. The molecule has 0 aromatic heterocycles. The van der Waals surface area contributed by atoms with Crippen molar-refractivity contribution in [1.82, 2.24) is 0 Å². The molecule has 8 heteroatoms. The molecule has 6 rings (SSSR count). The highest BCUT2D eigenvalue weighted by Gasteiger charge is 2.33. The van der Waals surface area contributed by atoms with Crippen molar-refractivity contribution in [3.8, 4) is 0 Å². The third-order valence-corrected chi connectivity index (χ3v) is 11.2. The SMILES string of the molecule is O=C1CCC(C2CCC(c3cc(F)c(F)c(F)c3)CC2)CC1.OC1CCC(C2CCC(c3cc(F)c(F)c(F)c3)CC2)CC1. The molecule has 242 valence electrons. The van der Waals surface area contributed by atoms with Crippen LogP contribution >= 0.6 is 0 Å². The topological polar surface area (TPSA) is 37.3 Å². The predicted octanol–water partition coefficient (Wildman–Crippen LogP) is 10.1. The van der Waals surface area contributed by atoms with Crippen LogP contribution in [0, 0.1) is 58.6 Å². The van der Waals surface area contributed by atoms with Gasteiger partial charge in [-0.15, -0.1) is 0 Å². The zero-order valence-corrected chi connectivity index (χ0v) is 25.3. The van der Waals surface area contributed by atoms with Crippen LogP contribution in [-0.2, 0) is 4.79 Å². The van der Waals surface area contributed by atoms with Crippen LogP contribution in [0.15, 0.2) is 24.3 Å². The van der Waals surface area contributed by atoms with Crippen LogP contribution in [0.3, 0.4) is 0 Å². The number of carbonyl (C=O) groups excluding carboxylic acids is 1. The molecule has 0 atom stereocenters. The molecule has 0 amide bonds. The number of carbonyl (C=O) groups is 1. The monoisotopic (exact) mass is 622 g/mol. The van der Waals surface area contributed by atoms with E-state index in [9.17, 15) is 36.2 Å². The van der Waals surface area contributed by atoms with E-state index in [2.05, 4.69) is 0 Å². The number of aliphatic hydroxyl groups excluding tert-OH is 1. The molecule has 44 heavy (non-hydrogen) atoms. The molecule has 2 aromatic rings. The van der Waals surface area contributed by atoms with Crippen molar-refractivity contribution in [2.75, 3.05) is 0 Å². The minimum atomic E-state index is -1.38. The minimum absolute atomic E-state index is 0.117. The van der Waals surface area contributed by atoms with Crippen molar-refractivity contribution in [3.63, 3.8) is 0 Å². The summed E-state index contributed by atoms with van der Waals surface area (Å²) in [6.07, 6.45) is 15.1. The van der Waals surface area contributed by atoms with Crippen molar-refractivity contribution in [3.05, 3.63) is 70.3 Å². The summed E-state index contributed by atoms with van der Waals surface area (Å²) < 4.78 is 79.5. The molecule has 2 aromatic carbocycles. The van der Waals surface area contributed by atoms with Gasteiger partial charge in [0.25, 0.3) is 0 Å². The van der Waals surface area contributed by atoms with E-state index in [1.807, 2.05) is 0 Å². The zero-order chi connectivity index (χ0) is 31.4. The molecule has 0 radical (unpaired) electrons. The maximum atomic E-state index is 13.4. The van der Waals surface area contributed by atoms with Crippen LogP contribution in [-0.4, -0.2) is 17.0 Å². The highest BCUT2D eigenvalue weighted by Crippen LogP contribution is 2.44. The van der Waals surface area contributed by atoms with Gasteiger partial charge in [-0.05, 0) is 161 Å². The Bertz CT molecular complexity index is 1220. The Labute approximate surface area is 256 Å². The first-order valence-corrected chi connectivity index (χ1v) is 16.6. The summed E-state index contributed by atoms with van der Waals surface area (Å²) >= 11 is 0. The van der Waals surface area contributed by atoms with E-state index in [1.54, 1.807) is 0 Å². The molecule has 4 aliphatic carbocycles. The fourth-order valence-corrected chi connectivity index (χ4v) is 8.48. The van der Waals surface area contributed by atoms with E-state index in [0.29, 0.717) is 53.4 Å². The lowest BCUT2D eigenvalue weighted by Gasteiger charge is -2.37. The number of Topliss-reactive ketones (excluding diaryl/α,β-unsaturated/α-hetero) is 1. The minimum Gasteiger partial charge on any atom is -0.393 e. The van der Waals surface area contributed by atoms with Crippen LogP contribution in [0.2, 0.25) is 0 Å². The Balaban J connectivity index is 0.000000175. The number of benzene rings is 2. The Morgan fingerprint density at radius 1 is 0.455 bits per heavy atom. The zero-order valence-electron chi connectivity index (χ0n) is 25.3. The predicted molar refractivity (Wildman–Crippen MR) is 157 cm³/mol. The first kappa shape index (κ1) is 33.0. The number of hydrogen-bond donors (Lipinski definition) is 1. The average molecular weight is 623 g/mol. The van der Waals surface area contributed by atoms with Gasteiger partial charge in [-0.3, -0.25) is 4.79 Å². The highest BCUT2D eigenvalue weighted by molar-refractivity contribution is 5.79. The summed E-state index contributed by atoms with van der Waals surface area (Å²) in [7, 11) is 0. The van der Waals surface area contributed by atoms with Gasteiger partial charge in [0.1, 0.15) is 5.78 Å². The second-order valence-electron chi connectivity index (χ2n) is 13.8. The van der Waals surface area contributed by atoms with E-state index in [4.69, 9.17) is 0 Å². The third kappa shape index (κ3) is 8.07. The van der Waals surface area contributed by atoms with E-state index >= 15 is 0 Å². The number of hydrogen-bond acceptors (Lipinski definition) is 2. The van der Waals surface area contributed by atoms with Gasteiger partial charge in [0.2, 0.25) is 0 Å². The molecule has 4 fully saturated rings. The summed E-state index contributed by atoms with van der Waals surface area (Å²) in [5.41, 5.74) is 1.17. The average Bonchev–Trinajstić information content (AvgIpc) is 3.03. The summed E-state index contributed by atoms with van der Waals surface area (Å²) in [6, 6.07) is 4.59. The molecular weight excluding hydrogens is 578 g/mol. The summed E-state index contributed by atoms with van der Waals surface area (Å²) in [4.78, 5) is 11.3. The maximum absolute atomic E-state index is 13.4. The molecule has 2 nitrogen and oxygen atoms in total. The lowest BCUT2D eigenvalue weighted by atomic mass is 9.69. The molecule has 0 spiro atoms. The van der Waals surface area contributed by atoms with Crippen molar-refractivity contribution < 1.29 is 36.2 Å². The largest absolute Gasteiger partial charge is 0.393 e. The molecule has 4 aliphatic rings. The van der Waals surface area contributed by atoms with Crippen LogP contribution in [0.5, 0.6) is 0 Å². The number of ketones is 1. The Morgan fingerprint density at radius 3 is 1.09 bits per heavy atom. The van der Waals surface area contributed by atoms with Crippen LogP contribution in [0.1, 0.15) is 126 Å². The van der Waals surface area contributed by atoms with Gasteiger partial charge >= 0.3 is 0 Å². The summed E-state index contributed by atoms with van der Waals surface area (Å²) in [5, 5.41) is 9.59. The van der Waals surface area contributed by atoms with E-state index < -0.39 is 34.9 Å². The van der Waals surface area contributed by atoms with E-state index in [0.717, 1.165) is 114 Å². The molecule has 0 bridgehead atoms. The Kier molecular flexibility index (Phi) is 11.1. The number of halogens is 6. The maximum Gasteiger partial charge on any atom is 0.194 e. The van der Waals surface area contributed by atoms with Crippen molar-refractivity contribution >= 4 is 5.78 Å². The van der Waals surface area contributed by atoms with Gasteiger partial charge in [-0.2, -0.15) is 0 Å². The van der Waals surface area contributed by atoms with Gasteiger partial charge < -0.3 is 5.11 Å². The van der Waals surface area contributed by atoms with Gasteiger partial charge in [-0.1, -0.05) is 0 Å². The molecule has 4 saturated carbocycles. The molecule has 0 heterocycles. The Morgan fingerprint density at radius 2 is 0.750 bits per heavy atom. The van der Waals surface area contributed by atoms with Gasteiger partial charge in [-0.25, -0.2) is 26.3 Å². The fraction of sp³-hybridized carbons (Fsp3) is 0.639. The van der Waals surface area contributed by atoms with Gasteiger partial charge in [0.15, 0.2) is 34.9 Å². The molecule has 0 saturated heterocycles. The molecule has 0 aliphatic heterocycles. The molecular formula is C36H44F6O2. The van der Waals surface area contributed by atoms with E-state index in [-0.39, 0.29) is 17.9 Å². The molecule has 0 unspecified atom stereocenters. The van der Waals surface area contributed by atoms with Crippen molar-refractivity contribution in [1.29, 1.82) is 0 Å². The Hall–Kier alpha value is -2.35. The van der Waals surface area contributed by atoms with Crippen molar-refractivity contribution in [2.24, 2.45) is 23.7 Å². The third-order valence-electron chi connectivity index (χ3n) is 11.2. The highest BCUT2D eigenvalue weighted by atomic mass is 19.2. The van der Waals surface area contributed by atoms with Crippen molar-refractivity contribution in [2.45, 2.75) is 121 Å².